The van der Waals surface area contributed by atoms with Crippen LogP contribution >= 0.6 is 11.6 Å². The predicted molar refractivity (Wildman–Crippen MR) is 205 cm³/mol. The number of halogens is 1. The van der Waals surface area contributed by atoms with Crippen molar-refractivity contribution in [1.82, 2.24) is 30.5 Å². The first kappa shape index (κ1) is 40.4. The second-order valence-electron chi connectivity index (χ2n) is 14.2. The minimum Gasteiger partial charge on any atom is -0.444 e. The molecule has 14 nitrogen and oxygen atoms in total. The van der Waals surface area contributed by atoms with Crippen LogP contribution in [-0.2, 0) is 30.8 Å². The number of hydrogen-bond donors (Lipinski definition) is 6. The first-order valence-electron chi connectivity index (χ1n) is 17.8. The van der Waals surface area contributed by atoms with E-state index in [2.05, 4.69) is 35.9 Å². The molecular weight excluding hydrogens is 734 g/mol. The van der Waals surface area contributed by atoms with Gasteiger partial charge in [-0.15, -0.1) is 10.2 Å². The number of ether oxygens (including phenoxy) is 1. The van der Waals surface area contributed by atoms with Crippen molar-refractivity contribution < 1.29 is 32.6 Å². The van der Waals surface area contributed by atoms with Gasteiger partial charge in [0.25, 0.3) is 0 Å². The summed E-state index contributed by atoms with van der Waals surface area (Å²) in [5.41, 5.74) is 3.10. The normalized spacial score (nSPS) is 16.6. The van der Waals surface area contributed by atoms with Gasteiger partial charge in [-0.2, -0.15) is 0 Å². The van der Waals surface area contributed by atoms with Crippen LogP contribution in [0.3, 0.4) is 0 Å². The number of nitrogens with zero attached hydrogens (tertiary/aromatic N) is 2. The summed E-state index contributed by atoms with van der Waals surface area (Å²) in [5, 5.41) is 25.6. The molecule has 1 aromatic heterocycles. The monoisotopic (exact) mass is 779 g/mol. The lowest BCUT2D eigenvalue weighted by Gasteiger charge is -2.29. The van der Waals surface area contributed by atoms with Crippen molar-refractivity contribution in [2.75, 3.05) is 25.0 Å². The molecule has 0 bridgehead atoms. The lowest BCUT2D eigenvalue weighted by atomic mass is 9.81. The van der Waals surface area contributed by atoms with Gasteiger partial charge in [-0.05, 0) is 117 Å². The van der Waals surface area contributed by atoms with Crippen LogP contribution in [0, 0.1) is 11.8 Å². The van der Waals surface area contributed by atoms with Gasteiger partial charge in [0.05, 0.1) is 11.5 Å². The van der Waals surface area contributed by atoms with Gasteiger partial charge in [0, 0.05) is 36.7 Å². The highest BCUT2D eigenvalue weighted by atomic mass is 35.5. The number of alkyl carbamates (subject to hydrolysis) is 1. The lowest BCUT2D eigenvalue weighted by Crippen LogP contribution is -2.48. The maximum atomic E-state index is 13.8. The molecular formula is C38H46ClN7O7S. The van der Waals surface area contributed by atoms with E-state index in [-0.39, 0.29) is 53.4 Å². The minimum atomic E-state index is -3.73. The summed E-state index contributed by atoms with van der Waals surface area (Å²) in [6.45, 7) is 5.52. The van der Waals surface area contributed by atoms with E-state index in [1.165, 1.54) is 12.1 Å². The second-order valence-corrected chi connectivity index (χ2v) is 16.4. The van der Waals surface area contributed by atoms with Crippen LogP contribution in [0.4, 0.5) is 10.5 Å². The molecule has 54 heavy (non-hydrogen) atoms. The number of sulfonamides is 1. The van der Waals surface area contributed by atoms with Crippen LogP contribution in [0.15, 0.2) is 77.7 Å². The molecule has 4 aromatic rings. The van der Waals surface area contributed by atoms with Crippen molar-refractivity contribution in [3.05, 3.63) is 83.6 Å². The average molecular weight is 780 g/mol. The van der Waals surface area contributed by atoms with Gasteiger partial charge < -0.3 is 30.8 Å². The Kier molecular flexibility index (Phi) is 13.5. The van der Waals surface area contributed by atoms with E-state index in [0.29, 0.717) is 30.9 Å². The number of nitrogens with one attached hydrogen (secondary N) is 5. The number of amides is 3. The molecule has 1 atom stereocenters. The molecule has 3 amide bonds. The summed E-state index contributed by atoms with van der Waals surface area (Å²) in [7, 11) is -3.73. The average Bonchev–Trinajstić information content (AvgIpc) is 3.59. The van der Waals surface area contributed by atoms with Gasteiger partial charge >= 0.3 is 6.09 Å². The number of aliphatic hydroxyl groups excluding tert-OH is 1. The number of anilines is 1. The third-order valence-corrected chi connectivity index (χ3v) is 10.6. The lowest BCUT2D eigenvalue weighted by molar-refractivity contribution is -0.130. The Balaban J connectivity index is 1.25. The van der Waals surface area contributed by atoms with Crippen LogP contribution in [0.25, 0.3) is 22.5 Å². The Morgan fingerprint density at radius 2 is 1.52 bits per heavy atom. The fourth-order valence-corrected chi connectivity index (χ4v) is 7.29. The molecule has 288 valence electrons. The molecule has 1 saturated carbocycles. The summed E-state index contributed by atoms with van der Waals surface area (Å²) in [6, 6.07) is 20.0. The van der Waals surface area contributed by atoms with Crippen LogP contribution in [0.5, 0.6) is 0 Å². The predicted octanol–water partition coefficient (Wildman–Crippen LogP) is 5.06. The van der Waals surface area contributed by atoms with E-state index >= 15 is 0 Å². The Labute approximate surface area is 319 Å². The van der Waals surface area contributed by atoms with E-state index in [4.69, 9.17) is 21.4 Å². The second kappa shape index (κ2) is 18.0. The molecule has 6 N–H and O–H groups in total. The van der Waals surface area contributed by atoms with Crippen molar-refractivity contribution in [3.63, 3.8) is 0 Å². The first-order chi connectivity index (χ1) is 25.7. The summed E-state index contributed by atoms with van der Waals surface area (Å²) in [4.78, 5) is 42.4. The number of hydrogen-bond acceptors (Lipinski definition) is 9. The highest BCUT2D eigenvalue weighted by Gasteiger charge is 2.30. The highest BCUT2D eigenvalue weighted by Crippen LogP contribution is 2.29. The van der Waals surface area contributed by atoms with E-state index in [9.17, 15) is 22.8 Å². The number of benzene rings is 3. The van der Waals surface area contributed by atoms with Gasteiger partial charge in [0.1, 0.15) is 11.6 Å². The zero-order valence-electron chi connectivity index (χ0n) is 30.4. The minimum absolute atomic E-state index is 0.0765. The number of H-pyrrole nitrogens is 1. The van der Waals surface area contributed by atoms with Gasteiger partial charge in [-0.3, -0.25) is 9.59 Å². The molecule has 0 unspecified atom stereocenters. The first-order valence-corrected chi connectivity index (χ1v) is 19.6. The number of carbonyl (C=O) groups is 3. The van der Waals surface area contributed by atoms with Gasteiger partial charge in [-0.1, -0.05) is 36.4 Å². The topological polar surface area (TPSA) is 204 Å². The molecule has 0 radical (unpaired) electrons. The van der Waals surface area contributed by atoms with Crippen molar-refractivity contribution in [2.24, 2.45) is 11.8 Å². The Bertz CT molecular complexity index is 1990. The number of aliphatic hydroxyl groups is 1. The summed E-state index contributed by atoms with van der Waals surface area (Å²) in [5.74, 6) is -0.160. The zero-order valence-corrected chi connectivity index (χ0v) is 32.0. The molecule has 5 rings (SSSR count). The molecule has 1 fully saturated rings. The van der Waals surface area contributed by atoms with Gasteiger partial charge in [0.15, 0.2) is 5.82 Å². The number of rotatable bonds is 14. The quantitative estimate of drug-likeness (QED) is 0.101. The van der Waals surface area contributed by atoms with E-state index in [0.717, 1.165) is 35.1 Å². The Morgan fingerprint density at radius 3 is 2.09 bits per heavy atom. The van der Waals surface area contributed by atoms with Crippen molar-refractivity contribution in [3.8, 4) is 22.5 Å². The third-order valence-electron chi connectivity index (χ3n) is 8.97. The summed E-state index contributed by atoms with van der Waals surface area (Å²) >= 11 is 5.87. The van der Waals surface area contributed by atoms with Crippen molar-refractivity contribution in [1.29, 1.82) is 0 Å². The van der Waals surface area contributed by atoms with Crippen LogP contribution in [0.2, 0.25) is 5.28 Å². The van der Waals surface area contributed by atoms with Crippen LogP contribution in [-0.4, -0.2) is 78.0 Å². The fourth-order valence-electron chi connectivity index (χ4n) is 6.14. The van der Waals surface area contributed by atoms with Gasteiger partial charge in [0.2, 0.25) is 27.1 Å². The largest absolute Gasteiger partial charge is 0.444 e. The summed E-state index contributed by atoms with van der Waals surface area (Å²) in [6.07, 6.45) is 2.51. The smallest absolute Gasteiger partial charge is 0.407 e. The fraction of sp³-hybridized carbons (Fsp3) is 0.395. The molecule has 1 heterocycles. The number of carbonyl (C=O) groups excluding carboxylic acids is 3. The highest BCUT2D eigenvalue weighted by molar-refractivity contribution is 7.89. The maximum absolute atomic E-state index is 13.8. The summed E-state index contributed by atoms with van der Waals surface area (Å²) < 4.78 is 32.5. The zero-order chi connectivity index (χ0) is 38.9. The van der Waals surface area contributed by atoms with E-state index in [1.54, 1.807) is 36.4 Å². The Morgan fingerprint density at radius 1 is 0.907 bits per heavy atom. The standard InChI is InChI=1S/C38H46ClN7O7S/c1-38(2,3)53-37(50)40-23-25-6-10-29(11-7-25)34(48)43-32(35(49)42-30-16-12-28(13-17-30)33-44-36(39)46-45-33)22-24-4-8-26(9-5-24)27-14-18-31(19-15-27)54(51,52)41-20-21-47/h4-5,8-9,12-19,25,29,32,41,47H,6-7,10-11,20-23H2,1-3H3,(H,40,50)(H,42,49)(H,43,48)(H,44,45,46)/t25?,29?,32-/m0/s1. The number of aromatic nitrogens is 3. The molecule has 0 aliphatic heterocycles. The molecule has 1 aliphatic rings. The molecule has 0 spiro atoms. The van der Waals surface area contributed by atoms with Gasteiger partial charge in [-0.25, -0.2) is 17.9 Å². The van der Waals surface area contributed by atoms with Crippen molar-refractivity contribution in [2.45, 2.75) is 69.4 Å². The maximum Gasteiger partial charge on any atom is 0.407 e. The van der Waals surface area contributed by atoms with Crippen LogP contribution < -0.4 is 20.7 Å². The molecule has 0 saturated heterocycles. The van der Waals surface area contributed by atoms with Crippen molar-refractivity contribution >= 4 is 45.2 Å². The van der Waals surface area contributed by atoms with E-state index in [1.807, 2.05) is 45.0 Å². The molecule has 16 heteroatoms. The number of aromatic amines is 1. The van der Waals surface area contributed by atoms with Crippen LogP contribution in [0.1, 0.15) is 52.0 Å². The SMILES string of the molecule is CC(C)(C)OC(=O)NCC1CCC(C(=O)N[C@@H](Cc2ccc(-c3ccc(S(=O)(=O)NCCO)cc3)cc2)C(=O)Nc2ccc(-c3nnc(Cl)[nH]3)cc2)CC1. The van der Waals surface area contributed by atoms with E-state index < -0.39 is 27.8 Å². The Hall–Kier alpha value is -4.83. The molecule has 1 aliphatic carbocycles. The molecule has 3 aromatic carbocycles. The third kappa shape index (κ3) is 11.6.